The van der Waals surface area contributed by atoms with Gasteiger partial charge in [0.1, 0.15) is 0 Å². The van der Waals surface area contributed by atoms with Crippen molar-refractivity contribution in [3.8, 4) is 11.5 Å². The first kappa shape index (κ1) is 17.9. The number of amides is 1. The lowest BCUT2D eigenvalue weighted by molar-refractivity contribution is 0.102. The summed E-state index contributed by atoms with van der Waals surface area (Å²) in [6.07, 6.45) is 1.13. The molecule has 0 aliphatic heterocycles. The van der Waals surface area contributed by atoms with Crippen molar-refractivity contribution in [2.45, 2.75) is 4.90 Å². The van der Waals surface area contributed by atoms with Crippen LogP contribution < -0.4 is 5.32 Å². The van der Waals surface area contributed by atoms with E-state index in [1.165, 1.54) is 12.1 Å². The minimum Gasteiger partial charge on any atom is -0.403 e. The molecule has 0 unspecified atom stereocenters. The first-order valence-corrected chi connectivity index (χ1v) is 10.2. The standard InChI is InChI=1S/C20H15N3O4S/c1-28(25,26)17-10-8-14(9-11-17)19-22-23-20(27-19)21-18(24)16-7-6-13-4-2-3-5-15(13)12-16/h2-12H,1H3,(H,21,23,24). The summed E-state index contributed by atoms with van der Waals surface area (Å²) in [4.78, 5) is 12.6. The maximum absolute atomic E-state index is 12.5. The average molecular weight is 393 g/mol. The number of fused-ring (bicyclic) bond motifs is 1. The van der Waals surface area contributed by atoms with Crippen LogP contribution in [0.5, 0.6) is 0 Å². The maximum Gasteiger partial charge on any atom is 0.322 e. The molecule has 1 heterocycles. The van der Waals surface area contributed by atoms with Crippen molar-refractivity contribution < 1.29 is 17.6 Å². The molecule has 8 heteroatoms. The van der Waals surface area contributed by atoms with E-state index in [-0.39, 0.29) is 22.7 Å². The number of rotatable bonds is 4. The highest BCUT2D eigenvalue weighted by molar-refractivity contribution is 7.90. The Kier molecular flexibility index (Phi) is 4.40. The van der Waals surface area contributed by atoms with Gasteiger partial charge in [0.25, 0.3) is 5.91 Å². The Morgan fingerprint density at radius 2 is 1.64 bits per heavy atom. The highest BCUT2D eigenvalue weighted by Gasteiger charge is 2.14. The van der Waals surface area contributed by atoms with E-state index in [1.807, 2.05) is 30.3 Å². The summed E-state index contributed by atoms with van der Waals surface area (Å²) in [6, 6.07) is 19.1. The van der Waals surface area contributed by atoms with Crippen molar-refractivity contribution in [3.05, 3.63) is 72.3 Å². The number of hydrogen-bond acceptors (Lipinski definition) is 6. The summed E-state index contributed by atoms with van der Waals surface area (Å²) in [5.41, 5.74) is 1.02. The van der Waals surface area contributed by atoms with Crippen molar-refractivity contribution in [3.63, 3.8) is 0 Å². The van der Waals surface area contributed by atoms with Crippen molar-refractivity contribution in [2.24, 2.45) is 0 Å². The van der Waals surface area contributed by atoms with Crippen LogP contribution in [0.15, 0.2) is 76.0 Å². The number of carbonyl (C=O) groups excluding carboxylic acids is 1. The molecule has 0 atom stereocenters. The molecule has 0 spiro atoms. The fraction of sp³-hybridized carbons (Fsp3) is 0.0500. The Morgan fingerprint density at radius 3 is 2.36 bits per heavy atom. The smallest absolute Gasteiger partial charge is 0.322 e. The SMILES string of the molecule is CS(=O)(=O)c1ccc(-c2nnc(NC(=O)c3ccc4ccccc4c3)o2)cc1. The number of benzene rings is 3. The molecule has 1 amide bonds. The topological polar surface area (TPSA) is 102 Å². The van der Waals surface area contributed by atoms with Crippen LogP contribution in [-0.4, -0.2) is 30.8 Å². The summed E-state index contributed by atoms with van der Waals surface area (Å²) in [6.45, 7) is 0. The Bertz CT molecular complexity index is 1280. The number of hydrogen-bond donors (Lipinski definition) is 1. The van der Waals surface area contributed by atoms with Gasteiger partial charge in [0.05, 0.1) is 4.90 Å². The van der Waals surface area contributed by atoms with E-state index in [2.05, 4.69) is 15.5 Å². The van der Waals surface area contributed by atoms with Crippen molar-refractivity contribution in [1.82, 2.24) is 10.2 Å². The zero-order valence-corrected chi connectivity index (χ0v) is 15.6. The highest BCUT2D eigenvalue weighted by atomic mass is 32.2. The lowest BCUT2D eigenvalue weighted by Crippen LogP contribution is -2.12. The second kappa shape index (κ2) is 6.90. The average Bonchev–Trinajstić information content (AvgIpc) is 3.15. The molecule has 3 aromatic carbocycles. The molecule has 1 N–H and O–H groups in total. The van der Waals surface area contributed by atoms with Gasteiger partial charge >= 0.3 is 6.01 Å². The lowest BCUT2D eigenvalue weighted by Gasteiger charge is -2.03. The molecule has 140 valence electrons. The zero-order chi connectivity index (χ0) is 19.7. The molecule has 0 aliphatic rings. The Labute approximate surface area is 160 Å². The number of carbonyl (C=O) groups is 1. The van der Waals surface area contributed by atoms with Crippen LogP contribution in [0.4, 0.5) is 6.01 Å². The zero-order valence-electron chi connectivity index (χ0n) is 14.8. The van der Waals surface area contributed by atoms with E-state index in [0.29, 0.717) is 11.1 Å². The third kappa shape index (κ3) is 3.63. The summed E-state index contributed by atoms with van der Waals surface area (Å²) in [7, 11) is -3.28. The maximum atomic E-state index is 12.5. The van der Waals surface area contributed by atoms with Gasteiger partial charge in [0, 0.05) is 17.4 Å². The van der Waals surface area contributed by atoms with Crippen LogP contribution in [0.2, 0.25) is 0 Å². The molecule has 0 aliphatic carbocycles. The Hall–Kier alpha value is -3.52. The van der Waals surface area contributed by atoms with Gasteiger partial charge in [-0.05, 0) is 47.2 Å². The van der Waals surface area contributed by atoms with Crippen LogP contribution in [0.1, 0.15) is 10.4 Å². The van der Waals surface area contributed by atoms with Gasteiger partial charge in [-0.2, -0.15) is 0 Å². The third-order valence-corrected chi connectivity index (χ3v) is 5.32. The van der Waals surface area contributed by atoms with Crippen LogP contribution in [-0.2, 0) is 9.84 Å². The lowest BCUT2D eigenvalue weighted by atomic mass is 10.1. The Balaban J connectivity index is 1.53. The van der Waals surface area contributed by atoms with E-state index >= 15 is 0 Å². The second-order valence-corrected chi connectivity index (χ2v) is 8.24. The fourth-order valence-corrected chi connectivity index (χ4v) is 3.37. The van der Waals surface area contributed by atoms with Crippen molar-refractivity contribution in [1.29, 1.82) is 0 Å². The molecule has 7 nitrogen and oxygen atoms in total. The second-order valence-electron chi connectivity index (χ2n) is 6.22. The van der Waals surface area contributed by atoms with Crippen molar-refractivity contribution >= 4 is 32.5 Å². The number of aromatic nitrogens is 2. The fourth-order valence-electron chi connectivity index (χ4n) is 2.73. The number of nitrogens with one attached hydrogen (secondary N) is 1. The first-order valence-electron chi connectivity index (χ1n) is 8.34. The summed E-state index contributed by atoms with van der Waals surface area (Å²) >= 11 is 0. The van der Waals surface area contributed by atoms with Crippen LogP contribution in [0.3, 0.4) is 0 Å². The Morgan fingerprint density at radius 1 is 0.929 bits per heavy atom. The molecule has 0 fully saturated rings. The van der Waals surface area contributed by atoms with Crippen LogP contribution in [0, 0.1) is 0 Å². The van der Waals surface area contributed by atoms with Crippen molar-refractivity contribution in [2.75, 3.05) is 11.6 Å². The van der Waals surface area contributed by atoms with Gasteiger partial charge in [-0.25, -0.2) is 8.42 Å². The molecule has 1 aromatic heterocycles. The quantitative estimate of drug-likeness (QED) is 0.569. The van der Waals surface area contributed by atoms with E-state index in [4.69, 9.17) is 4.42 Å². The van der Waals surface area contributed by atoms with Gasteiger partial charge in [-0.1, -0.05) is 35.4 Å². The number of anilines is 1. The minimum atomic E-state index is -3.28. The van der Waals surface area contributed by atoms with Gasteiger partial charge < -0.3 is 4.42 Å². The molecular formula is C20H15N3O4S. The van der Waals surface area contributed by atoms with E-state index in [0.717, 1.165) is 17.0 Å². The van der Waals surface area contributed by atoms with E-state index in [1.54, 1.807) is 24.3 Å². The number of sulfone groups is 1. The highest BCUT2D eigenvalue weighted by Crippen LogP contribution is 2.22. The minimum absolute atomic E-state index is 0.0413. The molecule has 28 heavy (non-hydrogen) atoms. The molecule has 4 rings (SSSR count). The predicted molar refractivity (Wildman–Crippen MR) is 105 cm³/mol. The molecule has 0 radical (unpaired) electrons. The van der Waals surface area contributed by atoms with Gasteiger partial charge in [0.15, 0.2) is 9.84 Å². The summed E-state index contributed by atoms with van der Waals surface area (Å²) in [5, 5.41) is 12.3. The van der Waals surface area contributed by atoms with E-state index in [9.17, 15) is 13.2 Å². The molecule has 0 saturated carbocycles. The largest absolute Gasteiger partial charge is 0.403 e. The molecule has 0 saturated heterocycles. The van der Waals surface area contributed by atoms with Crippen LogP contribution >= 0.6 is 0 Å². The summed E-state index contributed by atoms with van der Waals surface area (Å²) < 4.78 is 28.5. The third-order valence-electron chi connectivity index (χ3n) is 4.19. The molecule has 4 aromatic rings. The van der Waals surface area contributed by atoms with Gasteiger partial charge in [0.2, 0.25) is 5.89 Å². The number of nitrogens with zero attached hydrogens (tertiary/aromatic N) is 2. The predicted octanol–water partition coefficient (Wildman–Crippen LogP) is 3.55. The van der Waals surface area contributed by atoms with Gasteiger partial charge in [-0.3, -0.25) is 10.1 Å². The molecule has 0 bridgehead atoms. The van der Waals surface area contributed by atoms with Gasteiger partial charge in [-0.15, -0.1) is 5.10 Å². The van der Waals surface area contributed by atoms with E-state index < -0.39 is 9.84 Å². The summed E-state index contributed by atoms with van der Waals surface area (Å²) in [5.74, 6) is -0.192. The monoisotopic (exact) mass is 393 g/mol. The van der Waals surface area contributed by atoms with Crippen LogP contribution in [0.25, 0.3) is 22.2 Å². The normalized spacial score (nSPS) is 11.5. The first-order chi connectivity index (χ1) is 13.4. The molecular weight excluding hydrogens is 378 g/mol.